The summed E-state index contributed by atoms with van der Waals surface area (Å²) in [5, 5.41) is 0. The van der Waals surface area contributed by atoms with Gasteiger partial charge >= 0.3 is 11.9 Å². The summed E-state index contributed by atoms with van der Waals surface area (Å²) in [6.07, 6.45) is 6.86. The highest BCUT2D eigenvalue weighted by Gasteiger charge is 2.06. The van der Waals surface area contributed by atoms with E-state index in [1.54, 1.807) is 0 Å². The number of ether oxygens (including phenoxy) is 2. The zero-order valence-corrected chi connectivity index (χ0v) is 11.6. The highest BCUT2D eigenvalue weighted by Crippen LogP contribution is 2.01. The van der Waals surface area contributed by atoms with Gasteiger partial charge in [-0.05, 0) is 19.8 Å². The number of unbranched alkanes of at least 4 members (excludes halogenated alkanes) is 2. The van der Waals surface area contributed by atoms with Gasteiger partial charge in [0.2, 0.25) is 0 Å². The van der Waals surface area contributed by atoms with Crippen LogP contribution in [0.25, 0.3) is 0 Å². The van der Waals surface area contributed by atoms with Crippen molar-refractivity contribution in [3.05, 3.63) is 12.2 Å². The molecule has 0 fully saturated rings. The zero-order valence-electron chi connectivity index (χ0n) is 11.6. The Morgan fingerprint density at radius 3 is 2.33 bits per heavy atom. The van der Waals surface area contributed by atoms with Crippen LogP contribution in [0.5, 0.6) is 0 Å². The van der Waals surface area contributed by atoms with Gasteiger partial charge in [-0.2, -0.15) is 0 Å². The lowest BCUT2D eigenvalue weighted by Gasteiger charge is -2.09. The van der Waals surface area contributed by atoms with Gasteiger partial charge in [-0.25, -0.2) is 9.59 Å². The maximum absolute atomic E-state index is 11.3. The van der Waals surface area contributed by atoms with Gasteiger partial charge in [-0.15, -0.1) is 0 Å². The summed E-state index contributed by atoms with van der Waals surface area (Å²) in [5.74, 6) is -0.993. The molecule has 0 aromatic rings. The molecule has 0 aliphatic heterocycles. The van der Waals surface area contributed by atoms with Crippen LogP contribution in [0.15, 0.2) is 12.2 Å². The molecule has 0 heterocycles. The smallest absolute Gasteiger partial charge is 0.331 e. The highest BCUT2D eigenvalue weighted by atomic mass is 16.5. The first-order valence-electron chi connectivity index (χ1n) is 6.65. The van der Waals surface area contributed by atoms with Crippen LogP contribution in [0, 0.1) is 0 Å². The molecule has 0 N–H and O–H groups in total. The van der Waals surface area contributed by atoms with E-state index in [1.165, 1.54) is 0 Å². The molecule has 0 radical (unpaired) electrons. The van der Waals surface area contributed by atoms with Gasteiger partial charge < -0.3 is 9.47 Å². The van der Waals surface area contributed by atoms with E-state index in [4.69, 9.17) is 9.47 Å². The molecule has 0 saturated heterocycles. The van der Waals surface area contributed by atoms with E-state index in [0.717, 1.165) is 44.3 Å². The molecule has 4 heteroatoms. The van der Waals surface area contributed by atoms with Crippen LogP contribution in [0.3, 0.4) is 0 Å². The average molecular weight is 256 g/mol. The van der Waals surface area contributed by atoms with Crippen LogP contribution in [0.2, 0.25) is 0 Å². The Bertz CT molecular complexity index is 271. The van der Waals surface area contributed by atoms with Gasteiger partial charge in [-0.1, -0.05) is 33.1 Å². The number of carbonyl (C=O) groups excluding carboxylic acids is 2. The van der Waals surface area contributed by atoms with Crippen LogP contribution >= 0.6 is 0 Å². The van der Waals surface area contributed by atoms with E-state index in [2.05, 4.69) is 6.92 Å². The molecule has 0 rings (SSSR count). The van der Waals surface area contributed by atoms with Crippen molar-refractivity contribution >= 4 is 11.9 Å². The van der Waals surface area contributed by atoms with E-state index >= 15 is 0 Å². The lowest BCUT2D eigenvalue weighted by Crippen LogP contribution is -2.13. The molecule has 0 aliphatic carbocycles. The molecular weight excluding hydrogens is 232 g/mol. The van der Waals surface area contributed by atoms with Crippen molar-refractivity contribution in [2.75, 3.05) is 6.61 Å². The Labute approximate surface area is 109 Å². The number of carbonyl (C=O) groups is 2. The van der Waals surface area contributed by atoms with Crippen LogP contribution in [0.4, 0.5) is 0 Å². The van der Waals surface area contributed by atoms with E-state index in [-0.39, 0.29) is 6.10 Å². The predicted octanol–water partition coefficient (Wildman–Crippen LogP) is 3.01. The Hall–Kier alpha value is -1.32. The first-order chi connectivity index (χ1) is 8.60. The van der Waals surface area contributed by atoms with Crippen molar-refractivity contribution in [1.29, 1.82) is 0 Å². The van der Waals surface area contributed by atoms with Crippen molar-refractivity contribution in [3.8, 4) is 0 Å². The Kier molecular flexibility index (Phi) is 10.0. The Balaban J connectivity index is 3.77. The summed E-state index contributed by atoms with van der Waals surface area (Å²) in [7, 11) is 0. The average Bonchev–Trinajstić information content (AvgIpc) is 2.32. The van der Waals surface area contributed by atoms with Gasteiger partial charge in [0, 0.05) is 12.2 Å². The minimum atomic E-state index is -0.499. The standard InChI is InChI=1S/C14H24O4/c1-4-6-7-11-17-13(15)9-10-14(16)18-12(3)8-5-2/h9-10,12H,4-8,11H2,1-3H3/b10-9+. The van der Waals surface area contributed by atoms with Crippen molar-refractivity contribution in [2.24, 2.45) is 0 Å². The summed E-state index contributed by atoms with van der Waals surface area (Å²) in [4.78, 5) is 22.5. The normalized spacial score (nSPS) is 12.4. The molecule has 1 atom stereocenters. The highest BCUT2D eigenvalue weighted by molar-refractivity contribution is 5.91. The summed E-state index contributed by atoms with van der Waals surface area (Å²) in [6.45, 7) is 6.33. The van der Waals surface area contributed by atoms with Gasteiger partial charge in [0.05, 0.1) is 12.7 Å². The molecule has 1 unspecified atom stereocenters. The lowest BCUT2D eigenvalue weighted by molar-refractivity contribution is -0.143. The Morgan fingerprint density at radius 1 is 1.06 bits per heavy atom. The van der Waals surface area contributed by atoms with E-state index in [0.29, 0.717) is 6.61 Å². The second kappa shape index (κ2) is 10.8. The topological polar surface area (TPSA) is 52.6 Å². The first-order valence-corrected chi connectivity index (χ1v) is 6.65. The molecule has 0 saturated carbocycles. The van der Waals surface area contributed by atoms with Crippen LogP contribution in [-0.4, -0.2) is 24.6 Å². The van der Waals surface area contributed by atoms with Gasteiger partial charge in [0.25, 0.3) is 0 Å². The minimum absolute atomic E-state index is 0.118. The molecular formula is C14H24O4. The van der Waals surface area contributed by atoms with Crippen molar-refractivity contribution in [1.82, 2.24) is 0 Å². The maximum atomic E-state index is 11.3. The molecule has 104 valence electrons. The fourth-order valence-electron chi connectivity index (χ4n) is 1.41. The molecule has 4 nitrogen and oxygen atoms in total. The van der Waals surface area contributed by atoms with Gasteiger partial charge in [-0.3, -0.25) is 0 Å². The molecule has 0 aromatic heterocycles. The largest absolute Gasteiger partial charge is 0.463 e. The van der Waals surface area contributed by atoms with Gasteiger partial charge in [0.15, 0.2) is 0 Å². The number of hydrogen-bond donors (Lipinski definition) is 0. The van der Waals surface area contributed by atoms with Crippen LogP contribution < -0.4 is 0 Å². The van der Waals surface area contributed by atoms with Crippen molar-refractivity contribution in [3.63, 3.8) is 0 Å². The third kappa shape index (κ3) is 9.87. The molecule has 18 heavy (non-hydrogen) atoms. The van der Waals surface area contributed by atoms with Crippen molar-refractivity contribution < 1.29 is 19.1 Å². The van der Waals surface area contributed by atoms with E-state index in [1.807, 2.05) is 13.8 Å². The number of esters is 2. The molecule has 0 amide bonds. The van der Waals surface area contributed by atoms with Crippen LogP contribution in [0.1, 0.15) is 52.9 Å². The fraction of sp³-hybridized carbons (Fsp3) is 0.714. The molecule has 0 bridgehead atoms. The maximum Gasteiger partial charge on any atom is 0.331 e. The summed E-state index contributed by atoms with van der Waals surface area (Å²) in [5.41, 5.74) is 0. The lowest BCUT2D eigenvalue weighted by atomic mass is 10.2. The summed E-state index contributed by atoms with van der Waals surface area (Å²) < 4.78 is 9.96. The monoisotopic (exact) mass is 256 g/mol. The molecule has 0 aliphatic rings. The first kappa shape index (κ1) is 16.7. The second-order valence-electron chi connectivity index (χ2n) is 4.24. The molecule has 0 spiro atoms. The van der Waals surface area contributed by atoms with Crippen molar-refractivity contribution in [2.45, 2.75) is 59.0 Å². The van der Waals surface area contributed by atoms with E-state index in [9.17, 15) is 9.59 Å². The van der Waals surface area contributed by atoms with Crippen LogP contribution in [-0.2, 0) is 19.1 Å². The number of rotatable bonds is 9. The second-order valence-corrected chi connectivity index (χ2v) is 4.24. The van der Waals surface area contributed by atoms with E-state index < -0.39 is 11.9 Å². The quantitative estimate of drug-likeness (QED) is 0.361. The minimum Gasteiger partial charge on any atom is -0.463 e. The fourth-order valence-corrected chi connectivity index (χ4v) is 1.41. The third-order valence-electron chi connectivity index (χ3n) is 2.36. The predicted molar refractivity (Wildman–Crippen MR) is 70.1 cm³/mol. The zero-order chi connectivity index (χ0) is 13.8. The molecule has 0 aromatic carbocycles. The summed E-state index contributed by atoms with van der Waals surface area (Å²) in [6, 6.07) is 0. The third-order valence-corrected chi connectivity index (χ3v) is 2.36. The SMILES string of the molecule is CCCCCOC(=O)/C=C/C(=O)OC(C)CCC. The Morgan fingerprint density at radius 2 is 1.72 bits per heavy atom. The summed E-state index contributed by atoms with van der Waals surface area (Å²) >= 11 is 0. The van der Waals surface area contributed by atoms with Gasteiger partial charge in [0.1, 0.15) is 0 Å². The number of hydrogen-bond acceptors (Lipinski definition) is 4.